The maximum Gasteiger partial charge on any atom is 0.236 e. The van der Waals surface area contributed by atoms with Crippen molar-refractivity contribution in [3.05, 3.63) is 0 Å². The van der Waals surface area contributed by atoms with Gasteiger partial charge in [0.2, 0.25) is 11.8 Å². The molecule has 0 radical (unpaired) electrons. The van der Waals surface area contributed by atoms with Gasteiger partial charge in [-0.2, -0.15) is 0 Å². The van der Waals surface area contributed by atoms with Gasteiger partial charge < -0.3 is 16.4 Å². The minimum absolute atomic E-state index is 0.0541. The maximum absolute atomic E-state index is 11.2. The monoisotopic (exact) mass is 279 g/mol. The van der Waals surface area contributed by atoms with E-state index in [2.05, 4.69) is 26.6 Å². The van der Waals surface area contributed by atoms with Gasteiger partial charge in [0.1, 0.15) is 0 Å². The molecule has 0 fully saturated rings. The van der Waals surface area contributed by atoms with Crippen LogP contribution in [-0.2, 0) is 9.59 Å². The van der Waals surface area contributed by atoms with E-state index in [1.165, 1.54) is 0 Å². The van der Waals surface area contributed by atoms with Crippen molar-refractivity contribution in [2.24, 2.45) is 5.73 Å². The summed E-state index contributed by atoms with van der Waals surface area (Å²) in [7, 11) is 0. The summed E-state index contributed by atoms with van der Waals surface area (Å²) in [6.07, 6.45) is 1.28. The Labute approximate surface area is 98.3 Å². The molecule has 0 aromatic heterocycles. The normalized spacial score (nSPS) is 11.9. The van der Waals surface area contributed by atoms with E-state index in [0.717, 1.165) is 0 Å². The molecule has 4 N–H and O–H groups in total. The Kier molecular flexibility index (Phi) is 8.31. The van der Waals surface area contributed by atoms with Gasteiger partial charge in [0.25, 0.3) is 0 Å². The van der Waals surface area contributed by atoms with E-state index in [-0.39, 0.29) is 11.8 Å². The van der Waals surface area contributed by atoms with Gasteiger partial charge in [-0.15, -0.1) is 0 Å². The molecule has 15 heavy (non-hydrogen) atoms. The van der Waals surface area contributed by atoms with Gasteiger partial charge in [0, 0.05) is 13.1 Å². The third-order valence-corrected chi connectivity index (χ3v) is 2.33. The zero-order valence-corrected chi connectivity index (χ0v) is 10.5. The average molecular weight is 280 g/mol. The first kappa shape index (κ1) is 14.4. The predicted octanol–water partition coefficient (Wildman–Crippen LogP) is -0.259. The van der Waals surface area contributed by atoms with Crippen LogP contribution < -0.4 is 16.4 Å². The SMILES string of the molecule is CCNC(=O)C(N)CCCNC(=O)CBr. The van der Waals surface area contributed by atoms with E-state index >= 15 is 0 Å². The van der Waals surface area contributed by atoms with Crippen LogP contribution in [0.25, 0.3) is 0 Å². The number of hydrogen-bond donors (Lipinski definition) is 3. The molecule has 0 bridgehead atoms. The van der Waals surface area contributed by atoms with Crippen molar-refractivity contribution in [2.75, 3.05) is 18.4 Å². The largest absolute Gasteiger partial charge is 0.355 e. The first-order chi connectivity index (χ1) is 7.11. The highest BCUT2D eigenvalue weighted by atomic mass is 79.9. The van der Waals surface area contributed by atoms with E-state index in [0.29, 0.717) is 31.3 Å². The Hall–Kier alpha value is -0.620. The predicted molar refractivity (Wildman–Crippen MR) is 62.7 cm³/mol. The number of alkyl halides is 1. The lowest BCUT2D eigenvalue weighted by molar-refractivity contribution is -0.122. The van der Waals surface area contributed by atoms with E-state index in [4.69, 9.17) is 5.73 Å². The summed E-state index contributed by atoms with van der Waals surface area (Å²) in [5.74, 6) is -0.189. The first-order valence-electron chi connectivity index (χ1n) is 4.97. The minimum Gasteiger partial charge on any atom is -0.355 e. The lowest BCUT2D eigenvalue weighted by Crippen LogP contribution is -2.40. The number of hydrogen-bond acceptors (Lipinski definition) is 3. The first-order valence-corrected chi connectivity index (χ1v) is 6.10. The van der Waals surface area contributed by atoms with Crippen LogP contribution in [0.3, 0.4) is 0 Å². The fraction of sp³-hybridized carbons (Fsp3) is 0.778. The number of carbonyl (C=O) groups excluding carboxylic acids is 2. The maximum atomic E-state index is 11.2. The van der Waals surface area contributed by atoms with Gasteiger partial charge in [-0.05, 0) is 19.8 Å². The number of nitrogens with two attached hydrogens (primary N) is 1. The molecule has 0 aliphatic rings. The minimum atomic E-state index is -0.481. The van der Waals surface area contributed by atoms with Crippen molar-refractivity contribution in [1.82, 2.24) is 10.6 Å². The number of rotatable bonds is 7. The molecule has 0 aromatic rings. The summed E-state index contributed by atoms with van der Waals surface area (Å²) in [5.41, 5.74) is 5.62. The van der Waals surface area contributed by atoms with Crippen molar-refractivity contribution in [3.63, 3.8) is 0 Å². The van der Waals surface area contributed by atoms with Crippen LogP contribution in [0.5, 0.6) is 0 Å². The van der Waals surface area contributed by atoms with E-state index in [1.807, 2.05) is 6.92 Å². The molecular weight excluding hydrogens is 262 g/mol. The summed E-state index contributed by atoms with van der Waals surface area (Å²) < 4.78 is 0. The molecule has 0 spiro atoms. The lowest BCUT2D eigenvalue weighted by atomic mass is 10.1. The van der Waals surface area contributed by atoms with Gasteiger partial charge in [0.15, 0.2) is 0 Å². The van der Waals surface area contributed by atoms with Crippen LogP contribution in [0, 0.1) is 0 Å². The van der Waals surface area contributed by atoms with Gasteiger partial charge in [-0.25, -0.2) is 0 Å². The molecule has 0 aliphatic carbocycles. The molecule has 0 heterocycles. The molecule has 1 atom stereocenters. The van der Waals surface area contributed by atoms with Gasteiger partial charge >= 0.3 is 0 Å². The number of nitrogens with one attached hydrogen (secondary N) is 2. The summed E-state index contributed by atoms with van der Waals surface area (Å²) >= 11 is 3.04. The van der Waals surface area contributed by atoms with Crippen molar-refractivity contribution in [2.45, 2.75) is 25.8 Å². The lowest BCUT2D eigenvalue weighted by Gasteiger charge is -2.10. The zero-order valence-electron chi connectivity index (χ0n) is 8.88. The zero-order chi connectivity index (χ0) is 11.7. The third-order valence-electron chi connectivity index (χ3n) is 1.82. The average Bonchev–Trinajstić information content (AvgIpc) is 2.23. The molecule has 2 amide bonds. The summed E-state index contributed by atoms with van der Waals surface area (Å²) in [6, 6.07) is -0.481. The molecule has 0 saturated carbocycles. The molecule has 6 heteroatoms. The van der Waals surface area contributed by atoms with Crippen LogP contribution in [-0.4, -0.2) is 36.3 Å². The molecule has 1 unspecified atom stereocenters. The Morgan fingerprint density at radius 3 is 2.60 bits per heavy atom. The highest BCUT2D eigenvalue weighted by Crippen LogP contribution is 1.93. The summed E-state index contributed by atoms with van der Waals surface area (Å²) in [6.45, 7) is 2.99. The fourth-order valence-corrected chi connectivity index (χ4v) is 1.23. The van der Waals surface area contributed by atoms with Crippen molar-refractivity contribution in [3.8, 4) is 0 Å². The second-order valence-corrected chi connectivity index (χ2v) is 3.69. The van der Waals surface area contributed by atoms with Crippen molar-refractivity contribution < 1.29 is 9.59 Å². The van der Waals surface area contributed by atoms with Crippen LogP contribution >= 0.6 is 15.9 Å². The summed E-state index contributed by atoms with van der Waals surface area (Å²) in [4.78, 5) is 22.0. The Bertz CT molecular complexity index is 212. The quantitative estimate of drug-likeness (QED) is 0.444. The number of likely N-dealkylation sites (N-methyl/N-ethyl adjacent to an activating group) is 1. The van der Waals surface area contributed by atoms with Crippen LogP contribution in [0.1, 0.15) is 19.8 Å². The van der Waals surface area contributed by atoms with Crippen LogP contribution in [0.4, 0.5) is 0 Å². The number of halogens is 1. The Balaban J connectivity index is 3.50. The van der Waals surface area contributed by atoms with E-state index in [1.54, 1.807) is 0 Å². The topological polar surface area (TPSA) is 84.2 Å². The molecule has 0 rings (SSSR count). The van der Waals surface area contributed by atoms with Crippen LogP contribution in [0.15, 0.2) is 0 Å². The highest BCUT2D eigenvalue weighted by molar-refractivity contribution is 9.09. The van der Waals surface area contributed by atoms with Gasteiger partial charge in [-0.1, -0.05) is 15.9 Å². The second kappa shape index (κ2) is 8.67. The number of amides is 2. The second-order valence-electron chi connectivity index (χ2n) is 3.13. The molecule has 5 nitrogen and oxygen atoms in total. The third kappa shape index (κ3) is 7.33. The Morgan fingerprint density at radius 2 is 2.07 bits per heavy atom. The molecular formula is C9H18BrN3O2. The molecule has 0 aliphatic heterocycles. The van der Waals surface area contributed by atoms with E-state index in [9.17, 15) is 9.59 Å². The van der Waals surface area contributed by atoms with Crippen molar-refractivity contribution >= 4 is 27.7 Å². The molecule has 0 aromatic carbocycles. The molecule has 0 saturated heterocycles. The van der Waals surface area contributed by atoms with Gasteiger partial charge in [-0.3, -0.25) is 9.59 Å². The van der Waals surface area contributed by atoms with Crippen LogP contribution in [0.2, 0.25) is 0 Å². The van der Waals surface area contributed by atoms with Crippen molar-refractivity contribution in [1.29, 1.82) is 0 Å². The smallest absolute Gasteiger partial charge is 0.236 e. The van der Waals surface area contributed by atoms with Gasteiger partial charge in [0.05, 0.1) is 11.4 Å². The Morgan fingerprint density at radius 1 is 1.40 bits per heavy atom. The molecule has 88 valence electrons. The van der Waals surface area contributed by atoms with E-state index < -0.39 is 6.04 Å². The summed E-state index contributed by atoms with van der Waals surface area (Å²) in [5, 5.41) is 5.63. The fourth-order valence-electron chi connectivity index (χ4n) is 1.03. The highest BCUT2D eigenvalue weighted by Gasteiger charge is 2.11. The number of carbonyl (C=O) groups is 2. The standard InChI is InChI=1S/C9H18BrN3O2/c1-2-12-9(15)7(11)4-3-5-13-8(14)6-10/h7H,2-6,11H2,1H3,(H,12,15)(H,13,14).